The van der Waals surface area contributed by atoms with E-state index in [9.17, 15) is 14.7 Å². The Hall–Kier alpha value is -5.99. The van der Waals surface area contributed by atoms with Crippen molar-refractivity contribution in [2.24, 2.45) is 29.2 Å². The van der Waals surface area contributed by atoms with Crippen LogP contribution in [0.25, 0.3) is 0 Å². The Morgan fingerprint density at radius 1 is 0.718 bits per heavy atom. The van der Waals surface area contributed by atoms with Crippen LogP contribution >= 0.6 is 0 Å². The van der Waals surface area contributed by atoms with Gasteiger partial charge in [0.25, 0.3) is 0 Å². The van der Waals surface area contributed by atoms with E-state index in [0.717, 1.165) is 24.8 Å². The second-order valence-corrected chi connectivity index (χ2v) is 19.2. The predicted molar refractivity (Wildman–Crippen MR) is 269 cm³/mol. The van der Waals surface area contributed by atoms with Crippen molar-refractivity contribution < 1.29 is 28.9 Å². The van der Waals surface area contributed by atoms with E-state index >= 15 is 0 Å². The summed E-state index contributed by atoms with van der Waals surface area (Å²) in [6.45, 7) is 19.0. The van der Waals surface area contributed by atoms with E-state index < -0.39 is 12.1 Å². The molecule has 4 aromatic rings. The first-order valence-corrected chi connectivity index (χ1v) is 25.1. The van der Waals surface area contributed by atoms with Gasteiger partial charge in [0, 0.05) is 65.3 Å². The summed E-state index contributed by atoms with van der Waals surface area (Å²) in [6.07, 6.45) is 11.5. The van der Waals surface area contributed by atoms with Crippen LogP contribution in [-0.4, -0.2) is 170 Å². The van der Waals surface area contributed by atoms with Gasteiger partial charge in [-0.25, -0.2) is 9.36 Å². The number of benzene rings is 1. The number of ether oxygens (including phenoxy) is 3. The van der Waals surface area contributed by atoms with Crippen LogP contribution in [0.1, 0.15) is 102 Å². The first-order chi connectivity index (χ1) is 34.2. The number of aromatic hydroxyl groups is 1. The monoisotopic (exact) mass is 985 g/mol. The van der Waals surface area contributed by atoms with Crippen LogP contribution in [0.15, 0.2) is 36.7 Å². The van der Waals surface area contributed by atoms with Crippen molar-refractivity contribution in [2.45, 2.75) is 91.4 Å². The normalized spacial score (nSPS) is 16.5. The molecule has 22 nitrogen and oxygen atoms in total. The zero-order chi connectivity index (χ0) is 50.9. The van der Waals surface area contributed by atoms with E-state index in [1.54, 1.807) is 27.7 Å². The van der Waals surface area contributed by atoms with Gasteiger partial charge in [0.2, 0.25) is 29.7 Å². The third-order valence-electron chi connectivity index (χ3n) is 12.8. The molecule has 388 valence electrons. The van der Waals surface area contributed by atoms with Gasteiger partial charge in [-0.15, -0.1) is 16.6 Å². The van der Waals surface area contributed by atoms with Crippen LogP contribution in [0, 0.1) is 30.1 Å². The van der Waals surface area contributed by atoms with Crippen LogP contribution < -0.4 is 26.6 Å². The SMILES string of the molecule is C#CCOCCOCCOCCNc1nc(N2CCN(C(=O)[C@H]([C@@H](C)CC)n3cc([C@@H](N)CC(C)C)nn3)CC2)nc(N2CCN(C(=O)[C@H](Cc3ccc(O)cc3)n3cc([C@@H](N)CC(C)C)nn3)CC2)n1. The number of anilines is 3. The first-order valence-electron chi connectivity index (χ1n) is 25.1. The van der Waals surface area contributed by atoms with Gasteiger partial charge in [0.15, 0.2) is 0 Å². The highest BCUT2D eigenvalue weighted by atomic mass is 16.5. The molecular formula is C49H76N16O6. The summed E-state index contributed by atoms with van der Waals surface area (Å²) >= 11 is 0. The van der Waals surface area contributed by atoms with Gasteiger partial charge in [0.05, 0.1) is 68.9 Å². The zero-order valence-corrected chi connectivity index (χ0v) is 42.5. The van der Waals surface area contributed by atoms with Crippen molar-refractivity contribution in [1.82, 2.24) is 54.7 Å². The summed E-state index contributed by atoms with van der Waals surface area (Å²) < 4.78 is 19.9. The maximum absolute atomic E-state index is 14.5. The standard InChI is InChI=1S/C49H76N16O6/c1-8-23-69-25-27-71-28-26-70-24-14-52-47-53-48(55-49(54-47)63-21-17-61(18-22-63)46(68)44(36(7)9-2)65-33-42(57-59-65)40(51)30-35(5)6)62-19-15-60(16-20-62)45(67)43(31-37-10-12-38(66)13-11-37)64-32-41(56-58-64)39(50)29-34(3)4/h1,10-13,32-36,39-40,43-44,66H,9,14-31,50-51H2,2-7H3,(H,52,53,54,55)/t36-,39-,40-,43-,44-/m0/s1. The second-order valence-electron chi connectivity index (χ2n) is 19.2. The van der Waals surface area contributed by atoms with Gasteiger partial charge < -0.3 is 55.7 Å². The molecule has 0 aliphatic carbocycles. The van der Waals surface area contributed by atoms with Crippen LogP contribution in [-0.2, 0) is 30.2 Å². The molecule has 0 radical (unpaired) electrons. The van der Waals surface area contributed by atoms with Crippen LogP contribution in [0.2, 0.25) is 0 Å². The number of terminal acetylenes is 1. The third-order valence-corrected chi connectivity index (χ3v) is 12.8. The Morgan fingerprint density at radius 2 is 1.23 bits per heavy atom. The highest BCUT2D eigenvalue weighted by Gasteiger charge is 2.35. The fourth-order valence-electron chi connectivity index (χ4n) is 8.63. The van der Waals surface area contributed by atoms with Gasteiger partial charge in [-0.2, -0.15) is 15.0 Å². The van der Waals surface area contributed by atoms with Gasteiger partial charge >= 0.3 is 0 Å². The molecule has 6 rings (SSSR count). The molecule has 2 aliphatic rings. The Kier molecular flexibility index (Phi) is 20.7. The minimum Gasteiger partial charge on any atom is -0.508 e. The number of hydrogen-bond donors (Lipinski definition) is 4. The minimum absolute atomic E-state index is 0.00844. The number of carbonyl (C=O) groups excluding carboxylic acids is 2. The number of nitrogens with one attached hydrogen (secondary N) is 1. The number of aromatic nitrogens is 9. The van der Waals surface area contributed by atoms with Gasteiger partial charge in [-0.05, 0) is 48.3 Å². The maximum Gasteiger partial charge on any atom is 0.247 e. The smallest absolute Gasteiger partial charge is 0.247 e. The molecule has 0 spiro atoms. The number of rotatable bonds is 27. The molecule has 0 saturated carbocycles. The molecule has 2 saturated heterocycles. The number of amides is 2. The molecule has 5 heterocycles. The molecule has 6 N–H and O–H groups in total. The van der Waals surface area contributed by atoms with Crippen LogP contribution in [0.5, 0.6) is 5.75 Å². The zero-order valence-electron chi connectivity index (χ0n) is 42.5. The molecule has 0 bridgehead atoms. The Morgan fingerprint density at radius 3 is 1.76 bits per heavy atom. The van der Waals surface area contributed by atoms with E-state index in [4.69, 9.17) is 47.1 Å². The van der Waals surface area contributed by atoms with Crippen molar-refractivity contribution in [3.8, 4) is 18.1 Å². The molecule has 2 amide bonds. The van der Waals surface area contributed by atoms with E-state index in [2.05, 4.69) is 83.2 Å². The highest BCUT2D eigenvalue weighted by molar-refractivity contribution is 5.81. The Balaban J connectivity index is 1.14. The molecule has 2 fully saturated rings. The Labute approximate surface area is 418 Å². The minimum atomic E-state index is -0.687. The summed E-state index contributed by atoms with van der Waals surface area (Å²) in [6, 6.07) is 5.07. The lowest BCUT2D eigenvalue weighted by Gasteiger charge is -2.38. The average molecular weight is 985 g/mol. The van der Waals surface area contributed by atoms with Crippen molar-refractivity contribution in [3.63, 3.8) is 0 Å². The molecule has 5 atom stereocenters. The molecular weight excluding hydrogens is 909 g/mol. The molecule has 2 aliphatic heterocycles. The van der Waals surface area contributed by atoms with E-state index in [-0.39, 0.29) is 42.2 Å². The summed E-state index contributed by atoms with van der Waals surface area (Å²) in [5.41, 5.74) is 15.1. The van der Waals surface area contributed by atoms with E-state index in [0.29, 0.717) is 139 Å². The number of nitrogens with two attached hydrogens (primary N) is 2. The van der Waals surface area contributed by atoms with Crippen molar-refractivity contribution in [1.29, 1.82) is 0 Å². The summed E-state index contributed by atoms with van der Waals surface area (Å²) in [5, 5.41) is 30.9. The predicted octanol–water partition coefficient (Wildman–Crippen LogP) is 3.02. The lowest BCUT2D eigenvalue weighted by Crippen LogP contribution is -2.52. The quantitative estimate of drug-likeness (QED) is 0.0495. The average Bonchev–Trinajstić information content (AvgIpc) is 4.07. The fraction of sp³-hybridized carbons (Fsp3) is 0.653. The second kappa shape index (κ2) is 27.0. The Bertz CT molecular complexity index is 2290. The molecule has 71 heavy (non-hydrogen) atoms. The number of phenols is 1. The van der Waals surface area contributed by atoms with Gasteiger partial charge in [-0.3, -0.25) is 9.59 Å². The number of piperazine rings is 2. The summed E-state index contributed by atoms with van der Waals surface area (Å²) in [5.74, 6) is 4.58. The maximum atomic E-state index is 14.5. The lowest BCUT2D eigenvalue weighted by molar-refractivity contribution is -0.137. The van der Waals surface area contributed by atoms with Crippen LogP contribution in [0.4, 0.5) is 17.8 Å². The number of phenolic OH excluding ortho intramolecular Hbond substituents is 1. The molecule has 1 aromatic carbocycles. The summed E-state index contributed by atoms with van der Waals surface area (Å²) in [4.78, 5) is 51.4. The van der Waals surface area contributed by atoms with E-state index in [1.807, 2.05) is 28.1 Å². The van der Waals surface area contributed by atoms with Crippen LogP contribution in [0.3, 0.4) is 0 Å². The molecule has 22 heteroatoms. The molecule has 0 unspecified atom stereocenters. The van der Waals surface area contributed by atoms with Gasteiger partial charge in [-0.1, -0.05) is 76.4 Å². The van der Waals surface area contributed by atoms with Crippen molar-refractivity contribution >= 4 is 29.7 Å². The summed E-state index contributed by atoms with van der Waals surface area (Å²) in [7, 11) is 0. The molecule has 3 aromatic heterocycles. The third kappa shape index (κ3) is 15.8. The fourth-order valence-corrected chi connectivity index (χ4v) is 8.63. The number of carbonyl (C=O) groups is 2. The first kappa shape index (κ1) is 54.3. The lowest BCUT2D eigenvalue weighted by atomic mass is 9.97. The number of hydrogen-bond acceptors (Lipinski definition) is 18. The number of nitrogens with zero attached hydrogens (tertiary/aromatic N) is 13. The van der Waals surface area contributed by atoms with Crippen molar-refractivity contribution in [3.05, 3.63) is 53.6 Å². The van der Waals surface area contributed by atoms with Crippen molar-refractivity contribution in [2.75, 3.05) is 114 Å². The van der Waals surface area contributed by atoms with Gasteiger partial charge in [0.1, 0.15) is 24.4 Å². The topological polar surface area (TPSA) is 259 Å². The highest BCUT2D eigenvalue weighted by Crippen LogP contribution is 2.28. The van der Waals surface area contributed by atoms with E-state index in [1.165, 1.54) is 0 Å². The largest absolute Gasteiger partial charge is 0.508 e.